The molecule has 0 aliphatic carbocycles. The van der Waals surface area contributed by atoms with Crippen LogP contribution in [0.5, 0.6) is 0 Å². The van der Waals surface area contributed by atoms with E-state index in [-0.39, 0.29) is 0 Å². The van der Waals surface area contributed by atoms with Gasteiger partial charge in [-0.1, -0.05) is 49.4 Å². The molecule has 0 bridgehead atoms. The third-order valence-electron chi connectivity index (χ3n) is 5.33. The smallest absolute Gasteiger partial charge is 0.243 e. The Kier molecular flexibility index (Phi) is 7.87. The molecular formula is C23H32N4O2S. The number of benzene rings is 2. The molecular weight excluding hydrogens is 396 g/mol. The van der Waals surface area contributed by atoms with Crippen molar-refractivity contribution in [2.45, 2.75) is 44.0 Å². The average molecular weight is 429 g/mol. The largest absolute Gasteiger partial charge is 0.357 e. The van der Waals surface area contributed by atoms with Crippen LogP contribution < -0.4 is 10.6 Å². The average Bonchev–Trinajstić information content (AvgIpc) is 3.32. The van der Waals surface area contributed by atoms with Crippen molar-refractivity contribution >= 4 is 16.0 Å². The number of guanidine groups is 1. The van der Waals surface area contributed by atoms with Crippen molar-refractivity contribution in [2.24, 2.45) is 4.99 Å². The molecule has 162 valence electrons. The van der Waals surface area contributed by atoms with Crippen LogP contribution in [0.3, 0.4) is 0 Å². The highest BCUT2D eigenvalue weighted by atomic mass is 32.2. The van der Waals surface area contributed by atoms with Gasteiger partial charge in [-0.25, -0.2) is 13.4 Å². The molecule has 0 saturated carbocycles. The van der Waals surface area contributed by atoms with Crippen LogP contribution >= 0.6 is 0 Å². The van der Waals surface area contributed by atoms with Crippen LogP contribution in [-0.4, -0.2) is 44.9 Å². The molecule has 1 fully saturated rings. The quantitative estimate of drug-likeness (QED) is 0.500. The first-order chi connectivity index (χ1) is 14.5. The number of aliphatic imine (C=N–C) groups is 1. The Morgan fingerprint density at radius 2 is 1.70 bits per heavy atom. The topological polar surface area (TPSA) is 73.8 Å². The van der Waals surface area contributed by atoms with Gasteiger partial charge in [0.15, 0.2) is 5.96 Å². The fourth-order valence-corrected chi connectivity index (χ4v) is 5.02. The zero-order valence-electron chi connectivity index (χ0n) is 17.8. The summed E-state index contributed by atoms with van der Waals surface area (Å²) < 4.78 is 26.9. The molecule has 0 aromatic heterocycles. The van der Waals surface area contributed by atoms with Gasteiger partial charge in [-0.05, 0) is 48.9 Å². The van der Waals surface area contributed by atoms with Gasteiger partial charge in [0.2, 0.25) is 10.0 Å². The molecule has 6 nitrogen and oxygen atoms in total. The summed E-state index contributed by atoms with van der Waals surface area (Å²) in [4.78, 5) is 5.01. The third kappa shape index (κ3) is 5.83. The van der Waals surface area contributed by atoms with Crippen LogP contribution in [0.25, 0.3) is 0 Å². The molecule has 2 aromatic rings. The molecule has 1 heterocycles. The van der Waals surface area contributed by atoms with Crippen LogP contribution in [0.1, 0.15) is 43.7 Å². The minimum Gasteiger partial charge on any atom is -0.357 e. The number of hydrogen-bond acceptors (Lipinski definition) is 3. The molecule has 2 aromatic carbocycles. The minimum absolute atomic E-state index is 0.360. The van der Waals surface area contributed by atoms with E-state index in [0.717, 1.165) is 37.5 Å². The molecule has 2 N–H and O–H groups in total. The summed E-state index contributed by atoms with van der Waals surface area (Å²) in [5, 5.41) is 6.67. The highest BCUT2D eigenvalue weighted by molar-refractivity contribution is 7.89. The molecule has 1 aliphatic heterocycles. The first-order valence-electron chi connectivity index (χ1n) is 10.7. The van der Waals surface area contributed by atoms with E-state index in [9.17, 15) is 8.42 Å². The van der Waals surface area contributed by atoms with Gasteiger partial charge >= 0.3 is 0 Å². The van der Waals surface area contributed by atoms with Crippen LogP contribution in [0.15, 0.2) is 64.5 Å². The summed E-state index contributed by atoms with van der Waals surface area (Å²) in [7, 11) is -3.37. The number of rotatable bonds is 8. The molecule has 0 amide bonds. The predicted molar refractivity (Wildman–Crippen MR) is 122 cm³/mol. The lowest BCUT2D eigenvalue weighted by molar-refractivity contribution is 0.477. The van der Waals surface area contributed by atoms with E-state index in [1.54, 1.807) is 16.4 Å². The summed E-state index contributed by atoms with van der Waals surface area (Å²) in [6.07, 6.45) is 1.88. The van der Waals surface area contributed by atoms with E-state index in [2.05, 4.69) is 46.8 Å². The van der Waals surface area contributed by atoms with Gasteiger partial charge in [0.25, 0.3) is 0 Å². The lowest BCUT2D eigenvalue weighted by atomic mass is 10.0. The first kappa shape index (κ1) is 22.3. The Morgan fingerprint density at radius 3 is 2.33 bits per heavy atom. The van der Waals surface area contributed by atoms with Gasteiger partial charge in [0, 0.05) is 26.2 Å². The normalized spacial score (nSPS) is 16.4. The second-order valence-electron chi connectivity index (χ2n) is 7.64. The number of hydrogen-bond donors (Lipinski definition) is 2. The Labute approximate surface area is 180 Å². The Bertz CT molecular complexity index is 921. The standard InChI is InChI=1S/C23H32N4O2S/c1-3-24-23(25-17-19(2)21-9-5-4-6-10-21)26-18-20-11-13-22(14-12-20)30(28,29)27-15-7-8-16-27/h4-6,9-14,19H,3,7-8,15-18H2,1-2H3,(H2,24,25,26). The molecule has 0 radical (unpaired) electrons. The summed E-state index contributed by atoms with van der Waals surface area (Å²) in [5.41, 5.74) is 2.26. The van der Waals surface area contributed by atoms with E-state index in [1.807, 2.05) is 25.1 Å². The van der Waals surface area contributed by atoms with Gasteiger partial charge in [0.05, 0.1) is 11.4 Å². The molecule has 3 rings (SSSR count). The number of nitrogens with one attached hydrogen (secondary N) is 2. The lowest BCUT2D eigenvalue weighted by Crippen LogP contribution is -2.39. The summed E-state index contributed by atoms with van der Waals surface area (Å²) in [5.74, 6) is 1.12. The van der Waals surface area contributed by atoms with Crippen molar-refractivity contribution in [3.8, 4) is 0 Å². The van der Waals surface area contributed by atoms with E-state index in [1.165, 1.54) is 5.56 Å². The summed E-state index contributed by atoms with van der Waals surface area (Å²) >= 11 is 0. The predicted octanol–water partition coefficient (Wildman–Crippen LogP) is 3.33. The van der Waals surface area contributed by atoms with Gasteiger partial charge in [-0.15, -0.1) is 0 Å². The van der Waals surface area contributed by atoms with Gasteiger partial charge in [0.1, 0.15) is 0 Å². The van der Waals surface area contributed by atoms with Crippen molar-refractivity contribution in [1.82, 2.24) is 14.9 Å². The van der Waals surface area contributed by atoms with Crippen molar-refractivity contribution in [2.75, 3.05) is 26.2 Å². The van der Waals surface area contributed by atoms with Crippen LogP contribution in [0.2, 0.25) is 0 Å². The summed E-state index contributed by atoms with van der Waals surface area (Å²) in [6.45, 7) is 7.50. The highest BCUT2D eigenvalue weighted by Gasteiger charge is 2.26. The van der Waals surface area contributed by atoms with Crippen molar-refractivity contribution in [3.05, 3.63) is 65.7 Å². The van der Waals surface area contributed by atoms with Crippen molar-refractivity contribution in [3.63, 3.8) is 0 Å². The van der Waals surface area contributed by atoms with E-state index < -0.39 is 10.0 Å². The maximum Gasteiger partial charge on any atom is 0.243 e. The molecule has 1 saturated heterocycles. The molecule has 1 aliphatic rings. The third-order valence-corrected chi connectivity index (χ3v) is 7.25. The first-order valence-corrected chi connectivity index (χ1v) is 12.1. The Hall–Kier alpha value is -2.38. The molecule has 7 heteroatoms. The van der Waals surface area contributed by atoms with E-state index in [4.69, 9.17) is 0 Å². The van der Waals surface area contributed by atoms with Crippen LogP contribution in [0, 0.1) is 0 Å². The molecule has 0 spiro atoms. The Balaban J connectivity index is 1.60. The Morgan fingerprint density at radius 1 is 1.03 bits per heavy atom. The zero-order chi connectivity index (χ0) is 21.4. The zero-order valence-corrected chi connectivity index (χ0v) is 18.7. The maximum absolute atomic E-state index is 12.6. The van der Waals surface area contributed by atoms with Crippen molar-refractivity contribution < 1.29 is 8.42 Å². The van der Waals surface area contributed by atoms with Crippen LogP contribution in [0.4, 0.5) is 0 Å². The second kappa shape index (κ2) is 10.6. The summed E-state index contributed by atoms with van der Waals surface area (Å²) in [6, 6.07) is 17.5. The van der Waals surface area contributed by atoms with E-state index in [0.29, 0.717) is 30.4 Å². The number of nitrogens with zero attached hydrogens (tertiary/aromatic N) is 2. The molecule has 1 atom stereocenters. The van der Waals surface area contributed by atoms with E-state index >= 15 is 0 Å². The molecule has 30 heavy (non-hydrogen) atoms. The maximum atomic E-state index is 12.6. The van der Waals surface area contributed by atoms with Crippen LogP contribution in [-0.2, 0) is 16.6 Å². The lowest BCUT2D eigenvalue weighted by Gasteiger charge is -2.16. The fourth-order valence-electron chi connectivity index (χ4n) is 3.51. The SMILES string of the molecule is CCNC(=NCc1ccc(S(=O)(=O)N2CCCC2)cc1)NCC(C)c1ccccc1. The van der Waals surface area contributed by atoms with Gasteiger partial charge in [-0.3, -0.25) is 0 Å². The van der Waals surface area contributed by atoms with Gasteiger partial charge in [-0.2, -0.15) is 4.31 Å². The fraction of sp³-hybridized carbons (Fsp3) is 0.435. The highest BCUT2D eigenvalue weighted by Crippen LogP contribution is 2.21. The molecule has 1 unspecified atom stereocenters. The monoisotopic (exact) mass is 428 g/mol. The minimum atomic E-state index is -3.37. The van der Waals surface area contributed by atoms with Gasteiger partial charge < -0.3 is 10.6 Å². The second-order valence-corrected chi connectivity index (χ2v) is 9.58. The number of sulfonamides is 1. The van der Waals surface area contributed by atoms with Crippen molar-refractivity contribution in [1.29, 1.82) is 0 Å².